The first-order valence-electron chi connectivity index (χ1n) is 8.06. The smallest absolute Gasteiger partial charge is 0.277 e. The largest absolute Gasteiger partial charge is 0.411 e. The van der Waals surface area contributed by atoms with Crippen LogP contribution in [0, 0.1) is 19.7 Å². The van der Waals surface area contributed by atoms with Crippen molar-refractivity contribution < 1.29 is 13.6 Å². The van der Waals surface area contributed by atoms with Gasteiger partial charge in [0, 0.05) is 11.3 Å². The van der Waals surface area contributed by atoms with Gasteiger partial charge in [-0.1, -0.05) is 17.8 Å². The predicted octanol–water partition coefficient (Wildman–Crippen LogP) is 4.61. The summed E-state index contributed by atoms with van der Waals surface area (Å²) in [4.78, 5) is 12.2. The van der Waals surface area contributed by atoms with Crippen LogP contribution in [0.15, 0.2) is 52.1 Å². The van der Waals surface area contributed by atoms with Crippen molar-refractivity contribution in [3.8, 4) is 11.5 Å². The van der Waals surface area contributed by atoms with Crippen LogP contribution in [0.2, 0.25) is 0 Å². The van der Waals surface area contributed by atoms with Crippen LogP contribution < -0.4 is 5.32 Å². The summed E-state index contributed by atoms with van der Waals surface area (Å²) in [5.74, 6) is -0.163. The molecule has 0 spiro atoms. The third kappa shape index (κ3) is 4.29. The zero-order valence-electron chi connectivity index (χ0n) is 14.6. The van der Waals surface area contributed by atoms with Crippen molar-refractivity contribution >= 4 is 23.4 Å². The van der Waals surface area contributed by atoms with E-state index in [1.165, 1.54) is 41.6 Å². The Hall–Kier alpha value is -2.67. The van der Waals surface area contributed by atoms with Gasteiger partial charge in [0.2, 0.25) is 11.8 Å². The summed E-state index contributed by atoms with van der Waals surface area (Å²) in [5.41, 5.74) is 3.71. The molecule has 0 saturated heterocycles. The molecule has 0 radical (unpaired) electrons. The Labute approximate surface area is 155 Å². The number of aromatic nitrogens is 2. The van der Waals surface area contributed by atoms with Gasteiger partial charge < -0.3 is 9.73 Å². The van der Waals surface area contributed by atoms with Crippen molar-refractivity contribution in [1.82, 2.24) is 10.2 Å². The average Bonchev–Trinajstić information content (AvgIpc) is 3.07. The van der Waals surface area contributed by atoms with Gasteiger partial charge in [-0.15, -0.1) is 10.2 Å². The first-order chi connectivity index (χ1) is 12.4. The highest BCUT2D eigenvalue weighted by Gasteiger charge is 2.19. The lowest BCUT2D eigenvalue weighted by molar-refractivity contribution is -0.115. The molecule has 1 aromatic heterocycles. The number of anilines is 1. The number of benzene rings is 2. The summed E-state index contributed by atoms with van der Waals surface area (Å²) in [5, 5.41) is 10.6. The highest BCUT2D eigenvalue weighted by atomic mass is 32.2. The molecule has 1 atom stereocenters. The Balaban J connectivity index is 1.65. The first kappa shape index (κ1) is 18.1. The van der Waals surface area contributed by atoms with Crippen LogP contribution in [0.1, 0.15) is 18.1 Å². The van der Waals surface area contributed by atoms with Crippen LogP contribution in [0.5, 0.6) is 0 Å². The van der Waals surface area contributed by atoms with E-state index in [-0.39, 0.29) is 11.7 Å². The van der Waals surface area contributed by atoms with E-state index in [1.54, 1.807) is 6.92 Å². The Morgan fingerprint density at radius 1 is 1.12 bits per heavy atom. The number of halogens is 1. The second-order valence-corrected chi connectivity index (χ2v) is 7.22. The van der Waals surface area contributed by atoms with Gasteiger partial charge in [0.25, 0.3) is 5.22 Å². The normalized spacial score (nSPS) is 12.0. The fourth-order valence-electron chi connectivity index (χ4n) is 2.23. The number of rotatable bonds is 5. The Bertz CT molecular complexity index is 925. The molecule has 134 valence electrons. The molecular formula is C19H18FN3O2S. The Kier molecular flexibility index (Phi) is 5.37. The fraction of sp³-hybridized carbons (Fsp3) is 0.211. The van der Waals surface area contributed by atoms with Crippen molar-refractivity contribution in [3.63, 3.8) is 0 Å². The van der Waals surface area contributed by atoms with Gasteiger partial charge in [0.1, 0.15) is 5.82 Å². The number of carbonyl (C=O) groups is 1. The molecule has 0 saturated carbocycles. The van der Waals surface area contributed by atoms with E-state index in [4.69, 9.17) is 4.42 Å². The fourth-order valence-corrected chi connectivity index (χ4v) is 2.91. The molecule has 3 aromatic rings. The molecule has 0 fully saturated rings. The first-order valence-corrected chi connectivity index (χ1v) is 8.94. The van der Waals surface area contributed by atoms with Crippen LogP contribution in [0.3, 0.4) is 0 Å². The maximum atomic E-state index is 12.9. The highest BCUT2D eigenvalue weighted by Crippen LogP contribution is 2.27. The summed E-state index contributed by atoms with van der Waals surface area (Å²) in [7, 11) is 0. The molecule has 26 heavy (non-hydrogen) atoms. The van der Waals surface area contributed by atoms with E-state index < -0.39 is 5.25 Å². The summed E-state index contributed by atoms with van der Waals surface area (Å²) in [6.07, 6.45) is 0. The van der Waals surface area contributed by atoms with E-state index in [2.05, 4.69) is 15.5 Å². The van der Waals surface area contributed by atoms with Gasteiger partial charge in [-0.05, 0) is 68.3 Å². The summed E-state index contributed by atoms with van der Waals surface area (Å²) < 4.78 is 18.6. The number of aryl methyl sites for hydroxylation is 2. The lowest BCUT2D eigenvalue weighted by Gasteiger charge is -2.09. The van der Waals surface area contributed by atoms with Crippen LogP contribution in [-0.4, -0.2) is 21.4 Å². The van der Waals surface area contributed by atoms with Gasteiger partial charge in [0.15, 0.2) is 0 Å². The third-order valence-electron chi connectivity index (χ3n) is 3.92. The van der Waals surface area contributed by atoms with Crippen LogP contribution >= 0.6 is 11.8 Å². The van der Waals surface area contributed by atoms with Crippen molar-refractivity contribution in [2.45, 2.75) is 31.2 Å². The second-order valence-electron chi connectivity index (χ2n) is 5.93. The molecule has 1 N–H and O–H groups in total. The molecule has 1 amide bonds. The molecule has 7 heteroatoms. The number of nitrogens with one attached hydrogen (secondary N) is 1. The van der Waals surface area contributed by atoms with E-state index in [0.29, 0.717) is 16.8 Å². The third-order valence-corrected chi connectivity index (χ3v) is 4.85. The Morgan fingerprint density at radius 3 is 2.54 bits per heavy atom. The zero-order valence-corrected chi connectivity index (χ0v) is 15.4. The molecule has 2 aromatic carbocycles. The van der Waals surface area contributed by atoms with Crippen molar-refractivity contribution in [2.24, 2.45) is 0 Å². The lowest BCUT2D eigenvalue weighted by Crippen LogP contribution is -2.22. The summed E-state index contributed by atoms with van der Waals surface area (Å²) >= 11 is 1.17. The molecule has 0 aliphatic carbocycles. The molecule has 0 aliphatic heterocycles. The molecule has 0 aliphatic rings. The van der Waals surface area contributed by atoms with E-state index in [9.17, 15) is 9.18 Å². The standard InChI is InChI=1S/C19H18FN3O2S/c1-11-4-5-14(10-12(11)2)18-22-23-19(25-18)26-13(3)17(24)21-16-8-6-15(20)7-9-16/h4-10,13H,1-3H3,(H,21,24). The summed E-state index contributed by atoms with van der Waals surface area (Å²) in [6.45, 7) is 5.80. The van der Waals surface area contributed by atoms with Gasteiger partial charge >= 0.3 is 0 Å². The van der Waals surface area contributed by atoms with Gasteiger partial charge in [0.05, 0.1) is 5.25 Å². The minimum absolute atomic E-state index is 0.229. The molecule has 5 nitrogen and oxygen atoms in total. The molecule has 1 unspecified atom stereocenters. The number of hydrogen-bond acceptors (Lipinski definition) is 5. The SMILES string of the molecule is Cc1ccc(-c2nnc(SC(C)C(=O)Nc3ccc(F)cc3)o2)cc1C. The minimum atomic E-state index is -0.451. The maximum Gasteiger partial charge on any atom is 0.277 e. The topological polar surface area (TPSA) is 68.0 Å². The molecular weight excluding hydrogens is 353 g/mol. The van der Waals surface area contributed by atoms with Crippen molar-refractivity contribution in [1.29, 1.82) is 0 Å². The van der Waals surface area contributed by atoms with Crippen LogP contribution in [-0.2, 0) is 4.79 Å². The monoisotopic (exact) mass is 371 g/mol. The maximum absolute atomic E-state index is 12.9. The summed E-state index contributed by atoms with van der Waals surface area (Å²) in [6, 6.07) is 11.5. The predicted molar refractivity (Wildman–Crippen MR) is 99.6 cm³/mol. The average molecular weight is 371 g/mol. The zero-order chi connectivity index (χ0) is 18.7. The van der Waals surface area contributed by atoms with E-state index in [1.807, 2.05) is 32.0 Å². The number of amides is 1. The lowest BCUT2D eigenvalue weighted by atomic mass is 10.1. The van der Waals surface area contributed by atoms with E-state index >= 15 is 0 Å². The number of carbonyl (C=O) groups excluding carboxylic acids is 1. The minimum Gasteiger partial charge on any atom is -0.411 e. The molecule has 1 heterocycles. The van der Waals surface area contributed by atoms with Crippen LogP contribution in [0.4, 0.5) is 10.1 Å². The van der Waals surface area contributed by atoms with Gasteiger partial charge in [-0.3, -0.25) is 4.79 Å². The second kappa shape index (κ2) is 7.70. The van der Waals surface area contributed by atoms with Gasteiger partial charge in [-0.25, -0.2) is 4.39 Å². The van der Waals surface area contributed by atoms with Crippen molar-refractivity contribution in [2.75, 3.05) is 5.32 Å². The van der Waals surface area contributed by atoms with Crippen molar-refractivity contribution in [3.05, 3.63) is 59.4 Å². The van der Waals surface area contributed by atoms with Gasteiger partial charge in [-0.2, -0.15) is 0 Å². The Morgan fingerprint density at radius 2 is 1.85 bits per heavy atom. The van der Waals surface area contributed by atoms with E-state index in [0.717, 1.165) is 11.1 Å². The number of nitrogens with zero attached hydrogens (tertiary/aromatic N) is 2. The quantitative estimate of drug-likeness (QED) is 0.663. The molecule has 3 rings (SSSR count). The molecule has 0 bridgehead atoms. The number of thioether (sulfide) groups is 1. The van der Waals surface area contributed by atoms with Crippen LogP contribution in [0.25, 0.3) is 11.5 Å². The highest BCUT2D eigenvalue weighted by molar-refractivity contribution is 8.00. The number of hydrogen-bond donors (Lipinski definition) is 1.